The van der Waals surface area contributed by atoms with Crippen LogP contribution >= 0.6 is 0 Å². The van der Waals surface area contributed by atoms with Gasteiger partial charge in [-0.2, -0.15) is 0 Å². The van der Waals surface area contributed by atoms with Crippen molar-refractivity contribution < 1.29 is 4.79 Å². The summed E-state index contributed by atoms with van der Waals surface area (Å²) in [5, 5.41) is 0. The van der Waals surface area contributed by atoms with Crippen LogP contribution in [-0.2, 0) is 6.42 Å². The highest BCUT2D eigenvalue weighted by Crippen LogP contribution is 2.15. The molecule has 1 amide bonds. The molecule has 3 nitrogen and oxygen atoms in total. The molecule has 0 saturated carbocycles. The Morgan fingerprint density at radius 1 is 1.05 bits per heavy atom. The molecule has 0 radical (unpaired) electrons. The summed E-state index contributed by atoms with van der Waals surface area (Å²) in [4.78, 5) is 12.1. The highest BCUT2D eigenvalue weighted by Gasteiger charge is 2.05. The normalized spacial score (nSPS) is 10.2. The molecule has 0 atom stereocenters. The van der Waals surface area contributed by atoms with E-state index in [4.69, 9.17) is 0 Å². The molecule has 0 aromatic heterocycles. The summed E-state index contributed by atoms with van der Waals surface area (Å²) in [7, 11) is 0. The van der Waals surface area contributed by atoms with E-state index in [0.29, 0.717) is 5.56 Å². The van der Waals surface area contributed by atoms with Crippen LogP contribution in [0.5, 0.6) is 0 Å². The van der Waals surface area contributed by atoms with Gasteiger partial charge in [-0.3, -0.25) is 15.6 Å². The zero-order valence-corrected chi connectivity index (χ0v) is 12.9. The molecular weight excluding hydrogens is 260 g/mol. The second-order valence-electron chi connectivity index (χ2n) is 5.34. The first-order chi connectivity index (χ1) is 10.1. The first-order valence-electron chi connectivity index (χ1n) is 7.32. The predicted molar refractivity (Wildman–Crippen MR) is 87.4 cm³/mol. The Morgan fingerprint density at radius 2 is 1.76 bits per heavy atom. The molecule has 0 spiro atoms. The Hall–Kier alpha value is -2.29. The smallest absolute Gasteiger partial charge is 0.269 e. The SMILES string of the molecule is CCCc1ccc(C(=O)NNc2ccc(C)cc2C)cc1. The number of aryl methyl sites for hydroxylation is 3. The van der Waals surface area contributed by atoms with Gasteiger partial charge in [-0.25, -0.2) is 0 Å². The lowest BCUT2D eigenvalue weighted by Crippen LogP contribution is -2.29. The van der Waals surface area contributed by atoms with E-state index in [-0.39, 0.29) is 5.91 Å². The maximum atomic E-state index is 12.1. The highest BCUT2D eigenvalue weighted by molar-refractivity contribution is 5.94. The standard InChI is InChI=1S/C18H22N2O/c1-4-5-15-7-9-16(10-8-15)18(21)20-19-17-11-6-13(2)12-14(17)3/h6-12,19H,4-5H2,1-3H3,(H,20,21). The molecule has 21 heavy (non-hydrogen) atoms. The molecule has 0 unspecified atom stereocenters. The van der Waals surface area contributed by atoms with Crippen LogP contribution in [0.25, 0.3) is 0 Å². The summed E-state index contributed by atoms with van der Waals surface area (Å²) in [6, 6.07) is 13.8. The minimum atomic E-state index is -0.127. The van der Waals surface area contributed by atoms with Gasteiger partial charge in [-0.1, -0.05) is 43.2 Å². The number of amides is 1. The second-order valence-corrected chi connectivity index (χ2v) is 5.34. The molecule has 0 fully saturated rings. The van der Waals surface area contributed by atoms with E-state index in [1.165, 1.54) is 11.1 Å². The molecule has 0 heterocycles. The predicted octanol–water partition coefficient (Wildman–Crippen LogP) is 4.01. The van der Waals surface area contributed by atoms with Gasteiger partial charge in [0.05, 0.1) is 5.69 Å². The number of nitrogens with one attached hydrogen (secondary N) is 2. The van der Waals surface area contributed by atoms with Gasteiger partial charge in [0.25, 0.3) is 5.91 Å². The van der Waals surface area contributed by atoms with Crippen molar-refractivity contribution in [2.45, 2.75) is 33.6 Å². The Kier molecular flexibility index (Phi) is 4.99. The molecule has 2 aromatic rings. The third-order valence-electron chi connectivity index (χ3n) is 3.45. The van der Waals surface area contributed by atoms with Gasteiger partial charge < -0.3 is 0 Å². The molecule has 110 valence electrons. The lowest BCUT2D eigenvalue weighted by atomic mass is 10.1. The summed E-state index contributed by atoms with van der Waals surface area (Å²) < 4.78 is 0. The monoisotopic (exact) mass is 282 g/mol. The fourth-order valence-electron chi connectivity index (χ4n) is 2.26. The van der Waals surface area contributed by atoms with E-state index in [1.54, 1.807) is 0 Å². The molecule has 0 aliphatic carbocycles. The van der Waals surface area contributed by atoms with Crippen LogP contribution in [0, 0.1) is 13.8 Å². The summed E-state index contributed by atoms with van der Waals surface area (Å²) >= 11 is 0. The number of anilines is 1. The molecular formula is C18H22N2O. The summed E-state index contributed by atoms with van der Waals surface area (Å²) in [5.41, 5.74) is 10.9. The van der Waals surface area contributed by atoms with Gasteiger partial charge in [0.2, 0.25) is 0 Å². The first-order valence-corrected chi connectivity index (χ1v) is 7.32. The van der Waals surface area contributed by atoms with Crippen molar-refractivity contribution in [2.75, 3.05) is 5.43 Å². The van der Waals surface area contributed by atoms with Crippen LogP contribution in [0.4, 0.5) is 5.69 Å². The summed E-state index contributed by atoms with van der Waals surface area (Å²) in [6.07, 6.45) is 2.16. The van der Waals surface area contributed by atoms with E-state index in [2.05, 4.69) is 23.8 Å². The van der Waals surface area contributed by atoms with E-state index in [9.17, 15) is 4.79 Å². The largest absolute Gasteiger partial charge is 0.298 e. The molecule has 2 rings (SSSR count). The van der Waals surface area contributed by atoms with Gasteiger partial charge in [-0.05, 0) is 49.6 Å². The number of carbonyl (C=O) groups excluding carboxylic acids is 1. The van der Waals surface area contributed by atoms with E-state index >= 15 is 0 Å². The third-order valence-corrected chi connectivity index (χ3v) is 3.45. The lowest BCUT2D eigenvalue weighted by molar-refractivity contribution is 0.0962. The quantitative estimate of drug-likeness (QED) is 0.813. The van der Waals surface area contributed by atoms with Gasteiger partial charge in [0.1, 0.15) is 0 Å². The average Bonchev–Trinajstić information content (AvgIpc) is 2.47. The fourth-order valence-corrected chi connectivity index (χ4v) is 2.26. The van der Waals surface area contributed by atoms with Crippen LogP contribution in [0.3, 0.4) is 0 Å². The molecule has 2 aromatic carbocycles. The van der Waals surface area contributed by atoms with Crippen LogP contribution in [-0.4, -0.2) is 5.91 Å². The number of hydrogen-bond acceptors (Lipinski definition) is 2. The van der Waals surface area contributed by atoms with Crippen molar-refractivity contribution in [3.8, 4) is 0 Å². The number of rotatable bonds is 5. The molecule has 0 bridgehead atoms. The third kappa shape index (κ3) is 4.09. The van der Waals surface area contributed by atoms with Crippen molar-refractivity contribution >= 4 is 11.6 Å². The van der Waals surface area contributed by atoms with E-state index in [1.807, 2.05) is 50.2 Å². The van der Waals surface area contributed by atoms with Gasteiger partial charge >= 0.3 is 0 Å². The maximum Gasteiger partial charge on any atom is 0.269 e. The van der Waals surface area contributed by atoms with Crippen molar-refractivity contribution in [1.29, 1.82) is 0 Å². The van der Waals surface area contributed by atoms with Crippen LogP contribution in [0.1, 0.15) is 40.4 Å². The maximum absolute atomic E-state index is 12.1. The highest BCUT2D eigenvalue weighted by atomic mass is 16.2. The minimum absolute atomic E-state index is 0.127. The Morgan fingerprint density at radius 3 is 2.38 bits per heavy atom. The molecule has 0 aliphatic rings. The van der Waals surface area contributed by atoms with Crippen LogP contribution in [0.15, 0.2) is 42.5 Å². The minimum Gasteiger partial charge on any atom is -0.298 e. The second kappa shape index (κ2) is 6.93. The Balaban J connectivity index is 1.98. The average molecular weight is 282 g/mol. The summed E-state index contributed by atoms with van der Waals surface area (Å²) in [6.45, 7) is 6.21. The zero-order valence-electron chi connectivity index (χ0n) is 12.9. The van der Waals surface area contributed by atoms with Crippen molar-refractivity contribution in [3.63, 3.8) is 0 Å². The van der Waals surface area contributed by atoms with Crippen molar-refractivity contribution in [2.24, 2.45) is 0 Å². The number of hydrazine groups is 1. The van der Waals surface area contributed by atoms with E-state index < -0.39 is 0 Å². The van der Waals surface area contributed by atoms with Gasteiger partial charge in [0, 0.05) is 5.56 Å². The molecule has 0 saturated heterocycles. The van der Waals surface area contributed by atoms with Gasteiger partial charge in [0.15, 0.2) is 0 Å². The molecule has 0 aliphatic heterocycles. The fraction of sp³-hybridized carbons (Fsp3) is 0.278. The topological polar surface area (TPSA) is 41.1 Å². The number of carbonyl (C=O) groups is 1. The number of hydrogen-bond donors (Lipinski definition) is 2. The molecule has 3 heteroatoms. The van der Waals surface area contributed by atoms with Crippen LogP contribution < -0.4 is 10.9 Å². The summed E-state index contributed by atoms with van der Waals surface area (Å²) in [5.74, 6) is -0.127. The molecule has 2 N–H and O–H groups in total. The lowest BCUT2D eigenvalue weighted by Gasteiger charge is -2.11. The van der Waals surface area contributed by atoms with Crippen molar-refractivity contribution in [3.05, 3.63) is 64.7 Å². The van der Waals surface area contributed by atoms with E-state index in [0.717, 1.165) is 24.1 Å². The Bertz CT molecular complexity index is 618. The zero-order chi connectivity index (χ0) is 15.2. The Labute approximate surface area is 126 Å². The number of benzene rings is 2. The van der Waals surface area contributed by atoms with Crippen molar-refractivity contribution in [1.82, 2.24) is 5.43 Å². The van der Waals surface area contributed by atoms with Gasteiger partial charge in [-0.15, -0.1) is 0 Å². The van der Waals surface area contributed by atoms with Crippen LogP contribution in [0.2, 0.25) is 0 Å². The first kappa shape index (κ1) is 15.1.